The van der Waals surface area contributed by atoms with Gasteiger partial charge in [-0.25, -0.2) is 0 Å². The fraction of sp³-hybridized carbons (Fsp3) is 0.909. The van der Waals surface area contributed by atoms with Crippen molar-refractivity contribution >= 4 is 5.91 Å². The monoisotopic (exact) mass is 213 g/mol. The topological polar surface area (TPSA) is 58.4 Å². The van der Waals surface area contributed by atoms with Crippen LogP contribution in [0.15, 0.2) is 0 Å². The van der Waals surface area contributed by atoms with E-state index < -0.39 is 0 Å². The van der Waals surface area contributed by atoms with Gasteiger partial charge >= 0.3 is 0 Å². The largest absolute Gasteiger partial charge is 0.352 e. The Bertz CT molecular complexity index is 200. The van der Waals surface area contributed by atoms with Gasteiger partial charge in [0.15, 0.2) is 0 Å². The lowest BCUT2D eigenvalue weighted by atomic mass is 10.0. The van der Waals surface area contributed by atoms with Crippen molar-refractivity contribution in [1.82, 2.24) is 10.2 Å². The molecule has 1 saturated heterocycles. The molecule has 0 aromatic carbocycles. The van der Waals surface area contributed by atoms with Gasteiger partial charge in [-0.05, 0) is 25.8 Å². The van der Waals surface area contributed by atoms with Gasteiger partial charge in [-0.15, -0.1) is 0 Å². The van der Waals surface area contributed by atoms with E-state index in [1.165, 1.54) is 0 Å². The minimum atomic E-state index is -0.339. The molecule has 15 heavy (non-hydrogen) atoms. The fourth-order valence-corrected chi connectivity index (χ4v) is 1.89. The molecule has 0 saturated carbocycles. The van der Waals surface area contributed by atoms with Crippen LogP contribution in [0.5, 0.6) is 0 Å². The van der Waals surface area contributed by atoms with Crippen LogP contribution in [0, 0.1) is 0 Å². The van der Waals surface area contributed by atoms with Crippen LogP contribution in [0.3, 0.4) is 0 Å². The number of hydrogen-bond donors (Lipinski definition) is 2. The molecular weight excluding hydrogens is 190 g/mol. The van der Waals surface area contributed by atoms with E-state index in [4.69, 9.17) is 5.73 Å². The van der Waals surface area contributed by atoms with Crippen LogP contribution < -0.4 is 11.1 Å². The molecule has 0 aromatic rings. The zero-order valence-electron chi connectivity index (χ0n) is 9.83. The Hall–Kier alpha value is -0.610. The van der Waals surface area contributed by atoms with Gasteiger partial charge in [-0.3, -0.25) is 4.79 Å². The number of nitrogens with zero attached hydrogens (tertiary/aromatic N) is 1. The summed E-state index contributed by atoms with van der Waals surface area (Å²) in [5, 5.41) is 3.02. The molecule has 1 heterocycles. The van der Waals surface area contributed by atoms with E-state index in [2.05, 4.69) is 17.1 Å². The fourth-order valence-electron chi connectivity index (χ4n) is 1.89. The van der Waals surface area contributed by atoms with Gasteiger partial charge in [-0.1, -0.05) is 13.8 Å². The average molecular weight is 213 g/mol. The Labute approximate surface area is 92.2 Å². The predicted octanol–water partition coefficient (Wildman–Crippen LogP) is 0.324. The smallest absolute Gasteiger partial charge is 0.237 e. The molecule has 1 fully saturated rings. The van der Waals surface area contributed by atoms with Gasteiger partial charge in [0.1, 0.15) is 0 Å². The molecular formula is C11H23N3O. The van der Waals surface area contributed by atoms with E-state index in [9.17, 15) is 4.79 Å². The summed E-state index contributed by atoms with van der Waals surface area (Å²) in [6.07, 6.45) is 2.81. The lowest BCUT2D eigenvalue weighted by Gasteiger charge is -2.31. The highest BCUT2D eigenvalue weighted by Gasteiger charge is 2.21. The summed E-state index contributed by atoms with van der Waals surface area (Å²) in [6, 6.07) is -0.00731. The molecule has 0 radical (unpaired) electrons. The zero-order chi connectivity index (χ0) is 11.3. The quantitative estimate of drug-likeness (QED) is 0.707. The van der Waals surface area contributed by atoms with Gasteiger partial charge in [0.2, 0.25) is 5.91 Å². The zero-order valence-corrected chi connectivity index (χ0v) is 9.83. The highest BCUT2D eigenvalue weighted by atomic mass is 16.2. The molecule has 0 bridgehead atoms. The lowest BCUT2D eigenvalue weighted by Crippen LogP contribution is -2.49. The second-order valence-corrected chi connectivity index (χ2v) is 4.23. The lowest BCUT2D eigenvalue weighted by molar-refractivity contribution is -0.123. The maximum atomic E-state index is 11.5. The summed E-state index contributed by atoms with van der Waals surface area (Å²) in [7, 11) is 0. The van der Waals surface area contributed by atoms with Crippen LogP contribution >= 0.6 is 0 Å². The molecule has 1 rings (SSSR count). The van der Waals surface area contributed by atoms with E-state index in [1.807, 2.05) is 6.92 Å². The Morgan fingerprint density at radius 3 is 2.53 bits per heavy atom. The highest BCUT2D eigenvalue weighted by Crippen LogP contribution is 2.09. The van der Waals surface area contributed by atoms with Crippen molar-refractivity contribution in [1.29, 1.82) is 0 Å². The SMILES string of the molecule is CC[C@H](N)C(=O)NC1CCN(CC)CC1. The van der Waals surface area contributed by atoms with Gasteiger partial charge < -0.3 is 16.0 Å². The first kappa shape index (κ1) is 12.5. The Morgan fingerprint density at radius 2 is 2.07 bits per heavy atom. The molecule has 1 amide bonds. The number of carbonyl (C=O) groups is 1. The van der Waals surface area contributed by atoms with Crippen LogP contribution in [0.2, 0.25) is 0 Å². The Kier molecular flexibility index (Phi) is 5.05. The van der Waals surface area contributed by atoms with E-state index in [-0.39, 0.29) is 11.9 Å². The number of nitrogens with two attached hydrogens (primary N) is 1. The third-order valence-electron chi connectivity index (χ3n) is 3.16. The Morgan fingerprint density at radius 1 is 1.47 bits per heavy atom. The molecule has 1 aliphatic rings. The van der Waals surface area contributed by atoms with Gasteiger partial charge in [0.05, 0.1) is 6.04 Å². The van der Waals surface area contributed by atoms with Crippen LogP contribution in [-0.2, 0) is 4.79 Å². The van der Waals surface area contributed by atoms with E-state index in [0.29, 0.717) is 12.5 Å². The molecule has 1 aliphatic heterocycles. The van der Waals surface area contributed by atoms with Crippen molar-refractivity contribution in [3.05, 3.63) is 0 Å². The summed E-state index contributed by atoms with van der Waals surface area (Å²) >= 11 is 0. The summed E-state index contributed by atoms with van der Waals surface area (Å²) in [6.45, 7) is 7.39. The number of hydrogen-bond acceptors (Lipinski definition) is 3. The average Bonchev–Trinajstić information content (AvgIpc) is 2.29. The summed E-state index contributed by atoms with van der Waals surface area (Å²) in [5.74, 6) is 0.00690. The van der Waals surface area contributed by atoms with Gasteiger partial charge in [0.25, 0.3) is 0 Å². The molecule has 4 heteroatoms. The summed E-state index contributed by atoms with van der Waals surface area (Å²) < 4.78 is 0. The molecule has 0 spiro atoms. The van der Waals surface area contributed by atoms with Crippen LogP contribution in [0.4, 0.5) is 0 Å². The molecule has 4 nitrogen and oxygen atoms in total. The van der Waals surface area contributed by atoms with Crippen molar-refractivity contribution in [3.63, 3.8) is 0 Å². The van der Waals surface area contributed by atoms with Crippen molar-refractivity contribution in [3.8, 4) is 0 Å². The second kappa shape index (κ2) is 6.08. The summed E-state index contributed by atoms with van der Waals surface area (Å²) in [5.41, 5.74) is 5.66. The third kappa shape index (κ3) is 3.80. The number of rotatable bonds is 4. The Balaban J connectivity index is 2.26. The molecule has 1 atom stereocenters. The second-order valence-electron chi connectivity index (χ2n) is 4.23. The molecule has 3 N–H and O–H groups in total. The number of amides is 1. The van der Waals surface area contributed by atoms with Crippen molar-refractivity contribution in [2.75, 3.05) is 19.6 Å². The molecule has 0 unspecified atom stereocenters. The van der Waals surface area contributed by atoms with Crippen molar-refractivity contribution < 1.29 is 4.79 Å². The first-order chi connectivity index (χ1) is 7.17. The highest BCUT2D eigenvalue weighted by molar-refractivity contribution is 5.81. The van der Waals surface area contributed by atoms with Crippen molar-refractivity contribution in [2.45, 2.75) is 45.2 Å². The maximum Gasteiger partial charge on any atom is 0.237 e. The standard InChI is InChI=1S/C11H23N3O/c1-3-10(12)11(15)13-9-5-7-14(4-2)8-6-9/h9-10H,3-8,12H2,1-2H3,(H,13,15)/t10-/m0/s1. The number of piperidine rings is 1. The predicted molar refractivity (Wildman–Crippen MR) is 61.5 cm³/mol. The van der Waals surface area contributed by atoms with Gasteiger partial charge in [0, 0.05) is 19.1 Å². The minimum Gasteiger partial charge on any atom is -0.352 e. The molecule has 0 aromatic heterocycles. The third-order valence-corrected chi connectivity index (χ3v) is 3.16. The first-order valence-electron chi connectivity index (χ1n) is 5.95. The van der Waals surface area contributed by atoms with E-state index in [0.717, 1.165) is 32.5 Å². The summed E-state index contributed by atoms with van der Waals surface area (Å²) in [4.78, 5) is 13.9. The normalized spacial score (nSPS) is 21.3. The molecule has 88 valence electrons. The van der Waals surface area contributed by atoms with E-state index >= 15 is 0 Å². The number of nitrogens with one attached hydrogen (secondary N) is 1. The van der Waals surface area contributed by atoms with E-state index in [1.54, 1.807) is 0 Å². The molecule has 0 aliphatic carbocycles. The van der Waals surface area contributed by atoms with Gasteiger partial charge in [-0.2, -0.15) is 0 Å². The number of likely N-dealkylation sites (tertiary alicyclic amines) is 1. The van der Waals surface area contributed by atoms with Crippen LogP contribution in [0.1, 0.15) is 33.1 Å². The first-order valence-corrected chi connectivity index (χ1v) is 5.95. The minimum absolute atomic E-state index is 0.00690. The maximum absolute atomic E-state index is 11.5. The van der Waals surface area contributed by atoms with Crippen molar-refractivity contribution in [2.24, 2.45) is 5.73 Å². The number of carbonyl (C=O) groups excluding carboxylic acids is 1. The van der Waals surface area contributed by atoms with Crippen LogP contribution in [0.25, 0.3) is 0 Å². The van der Waals surface area contributed by atoms with Crippen LogP contribution in [-0.4, -0.2) is 42.5 Å².